The number of aromatic hydroxyl groups is 1. The Morgan fingerprint density at radius 2 is 2.17 bits per heavy atom. The van der Waals surface area contributed by atoms with Crippen LogP contribution in [-0.2, 0) is 0 Å². The van der Waals surface area contributed by atoms with E-state index in [2.05, 4.69) is 22.6 Å². The van der Waals surface area contributed by atoms with Crippen LogP contribution in [0.5, 0.6) is 5.75 Å². The zero-order valence-electron chi connectivity index (χ0n) is 5.84. The first kappa shape index (κ1) is 8.25. The number of phenolic OH excluding ortho intramolecular Hbond substituents is 1. The van der Waals surface area contributed by atoms with E-state index >= 15 is 0 Å². The zero-order valence-corrected chi connectivity index (χ0v) is 8.82. The van der Waals surface area contributed by atoms with Crippen molar-refractivity contribution in [2.24, 2.45) is 0 Å². The van der Waals surface area contributed by atoms with Crippen LogP contribution in [0.4, 0.5) is 4.39 Å². The van der Waals surface area contributed by atoms with Crippen molar-refractivity contribution in [3.8, 4) is 5.75 Å². The molecule has 0 amide bonds. The molecule has 0 spiro atoms. The topological polar surface area (TPSA) is 20.2 Å². The predicted octanol–water partition coefficient (Wildman–Crippen LogP) is 3.35. The summed E-state index contributed by atoms with van der Waals surface area (Å²) in [6.45, 7) is 0. The monoisotopic (exact) mass is 294 g/mol. The van der Waals surface area contributed by atoms with E-state index in [0.717, 1.165) is 15.0 Å². The Hall–Kier alpha value is -0.360. The number of phenols is 1. The van der Waals surface area contributed by atoms with E-state index in [4.69, 9.17) is 5.11 Å². The zero-order chi connectivity index (χ0) is 8.72. The molecule has 1 heterocycles. The lowest BCUT2D eigenvalue weighted by atomic mass is 10.2. The van der Waals surface area contributed by atoms with Crippen LogP contribution in [0.2, 0.25) is 0 Å². The van der Waals surface area contributed by atoms with Gasteiger partial charge >= 0.3 is 0 Å². The molecule has 1 aromatic heterocycles. The first-order chi connectivity index (χ1) is 5.68. The molecule has 0 fully saturated rings. The second-order valence-electron chi connectivity index (χ2n) is 2.39. The van der Waals surface area contributed by atoms with Crippen molar-refractivity contribution in [2.45, 2.75) is 0 Å². The SMILES string of the molecule is Oc1cc(F)c2scc(I)c2c1. The summed E-state index contributed by atoms with van der Waals surface area (Å²) in [6, 6.07) is 2.71. The summed E-state index contributed by atoms with van der Waals surface area (Å²) in [5.74, 6) is -0.366. The second kappa shape index (κ2) is 2.85. The van der Waals surface area contributed by atoms with E-state index in [1.165, 1.54) is 11.3 Å². The molecule has 0 bridgehead atoms. The van der Waals surface area contributed by atoms with Crippen LogP contribution in [0.25, 0.3) is 10.1 Å². The number of thiophene rings is 1. The van der Waals surface area contributed by atoms with Gasteiger partial charge in [0.25, 0.3) is 0 Å². The molecule has 0 aliphatic rings. The Balaban J connectivity index is 2.92. The van der Waals surface area contributed by atoms with Gasteiger partial charge in [0.1, 0.15) is 11.6 Å². The highest BCUT2D eigenvalue weighted by Gasteiger charge is 2.07. The highest BCUT2D eigenvalue weighted by molar-refractivity contribution is 14.1. The molecule has 1 nitrogen and oxygen atoms in total. The molecule has 0 saturated heterocycles. The first-order valence-corrected chi connectivity index (χ1v) is 5.19. The molecular weight excluding hydrogens is 290 g/mol. The predicted molar refractivity (Wildman–Crippen MR) is 56.2 cm³/mol. The van der Waals surface area contributed by atoms with Crippen LogP contribution >= 0.6 is 33.9 Å². The maximum absolute atomic E-state index is 13.1. The third-order valence-corrected chi connectivity index (χ3v) is 3.89. The van der Waals surface area contributed by atoms with E-state index < -0.39 is 0 Å². The Morgan fingerprint density at radius 3 is 2.92 bits per heavy atom. The van der Waals surface area contributed by atoms with Crippen molar-refractivity contribution in [3.63, 3.8) is 0 Å². The molecule has 2 aromatic rings. The summed E-state index contributed by atoms with van der Waals surface area (Å²) >= 11 is 3.47. The van der Waals surface area contributed by atoms with Gasteiger partial charge < -0.3 is 5.11 Å². The van der Waals surface area contributed by atoms with Gasteiger partial charge in [-0.25, -0.2) is 4.39 Å². The minimum atomic E-state index is -0.349. The molecule has 0 unspecified atom stereocenters. The maximum atomic E-state index is 13.1. The average Bonchev–Trinajstić information content (AvgIpc) is 2.33. The molecule has 12 heavy (non-hydrogen) atoms. The Bertz CT molecular complexity index is 438. The molecule has 0 aliphatic carbocycles. The fourth-order valence-electron chi connectivity index (χ4n) is 1.05. The fraction of sp³-hybridized carbons (Fsp3) is 0. The number of halogens is 2. The molecule has 4 heteroatoms. The summed E-state index contributed by atoms with van der Waals surface area (Å²) in [7, 11) is 0. The summed E-state index contributed by atoms with van der Waals surface area (Å²) < 4.78 is 14.7. The molecule has 62 valence electrons. The van der Waals surface area contributed by atoms with E-state index in [1.54, 1.807) is 6.07 Å². The fourth-order valence-corrected chi connectivity index (χ4v) is 2.86. The summed E-state index contributed by atoms with van der Waals surface area (Å²) in [6.07, 6.45) is 0. The van der Waals surface area contributed by atoms with Gasteiger partial charge in [-0.05, 0) is 28.7 Å². The van der Waals surface area contributed by atoms with E-state index in [-0.39, 0.29) is 11.6 Å². The summed E-state index contributed by atoms with van der Waals surface area (Å²) in [4.78, 5) is 0. The van der Waals surface area contributed by atoms with Crippen LogP contribution in [0.15, 0.2) is 17.5 Å². The third-order valence-electron chi connectivity index (χ3n) is 1.57. The molecule has 0 saturated carbocycles. The quantitative estimate of drug-likeness (QED) is 0.739. The number of rotatable bonds is 0. The molecule has 2 rings (SSSR count). The Morgan fingerprint density at radius 1 is 1.42 bits per heavy atom. The van der Waals surface area contributed by atoms with E-state index in [0.29, 0.717) is 4.70 Å². The lowest BCUT2D eigenvalue weighted by molar-refractivity contribution is 0.471. The van der Waals surface area contributed by atoms with Crippen molar-refractivity contribution >= 4 is 44.0 Å². The van der Waals surface area contributed by atoms with Gasteiger partial charge in [-0.15, -0.1) is 11.3 Å². The van der Waals surface area contributed by atoms with Crippen LogP contribution < -0.4 is 0 Å². The van der Waals surface area contributed by atoms with Gasteiger partial charge in [0.2, 0.25) is 0 Å². The molecule has 0 atom stereocenters. The van der Waals surface area contributed by atoms with Gasteiger partial charge in [-0.2, -0.15) is 0 Å². The van der Waals surface area contributed by atoms with Crippen molar-refractivity contribution in [1.29, 1.82) is 0 Å². The Kier molecular flexibility index (Phi) is 1.96. The maximum Gasteiger partial charge on any atom is 0.144 e. The first-order valence-electron chi connectivity index (χ1n) is 3.23. The summed E-state index contributed by atoms with van der Waals surface area (Å²) in [5, 5.41) is 11.8. The minimum absolute atomic E-state index is 0.0173. The van der Waals surface area contributed by atoms with Crippen LogP contribution in [0, 0.1) is 9.39 Å². The second-order valence-corrected chi connectivity index (χ2v) is 4.43. The standard InChI is InChI=1S/C8H4FIOS/c9-6-2-4(11)1-5-7(10)3-12-8(5)6/h1-3,11H. The van der Waals surface area contributed by atoms with Crippen LogP contribution in [0.3, 0.4) is 0 Å². The molecule has 0 aliphatic heterocycles. The normalized spacial score (nSPS) is 10.8. The third kappa shape index (κ3) is 1.19. The molecular formula is C8H4FIOS. The van der Waals surface area contributed by atoms with E-state index in [1.807, 2.05) is 5.38 Å². The lowest BCUT2D eigenvalue weighted by Crippen LogP contribution is -1.74. The van der Waals surface area contributed by atoms with Gasteiger partial charge in [0.15, 0.2) is 0 Å². The smallest absolute Gasteiger partial charge is 0.144 e. The average molecular weight is 294 g/mol. The van der Waals surface area contributed by atoms with Crippen LogP contribution in [0.1, 0.15) is 0 Å². The van der Waals surface area contributed by atoms with Crippen molar-refractivity contribution in [2.75, 3.05) is 0 Å². The number of hydrogen-bond donors (Lipinski definition) is 1. The van der Waals surface area contributed by atoms with Gasteiger partial charge in [-0.3, -0.25) is 0 Å². The Labute approximate surface area is 86.0 Å². The van der Waals surface area contributed by atoms with Crippen molar-refractivity contribution in [1.82, 2.24) is 0 Å². The number of hydrogen-bond acceptors (Lipinski definition) is 2. The largest absolute Gasteiger partial charge is 0.508 e. The van der Waals surface area contributed by atoms with Gasteiger partial charge in [-0.1, -0.05) is 0 Å². The highest BCUT2D eigenvalue weighted by Crippen LogP contribution is 2.32. The summed E-state index contributed by atoms with van der Waals surface area (Å²) in [5.41, 5.74) is 0. The number of benzene rings is 1. The highest BCUT2D eigenvalue weighted by atomic mass is 127. The van der Waals surface area contributed by atoms with Gasteiger partial charge in [0.05, 0.1) is 4.70 Å². The minimum Gasteiger partial charge on any atom is -0.508 e. The van der Waals surface area contributed by atoms with E-state index in [9.17, 15) is 4.39 Å². The van der Waals surface area contributed by atoms with Gasteiger partial charge in [0, 0.05) is 20.4 Å². The van der Waals surface area contributed by atoms with Crippen molar-refractivity contribution in [3.05, 3.63) is 26.9 Å². The van der Waals surface area contributed by atoms with Crippen molar-refractivity contribution < 1.29 is 9.50 Å². The lowest BCUT2D eigenvalue weighted by Gasteiger charge is -1.94. The van der Waals surface area contributed by atoms with Crippen LogP contribution in [-0.4, -0.2) is 5.11 Å². The molecule has 1 N–H and O–H groups in total. The molecule has 0 radical (unpaired) electrons. The number of fused-ring (bicyclic) bond motifs is 1. The molecule has 1 aromatic carbocycles.